The average molecular weight is 361 g/mol. The normalized spacial score (nSPS) is 19.6. The first-order chi connectivity index (χ1) is 12.4. The molecule has 0 bridgehead atoms. The molecule has 1 aliphatic rings. The molecule has 2 rings (SSSR count). The third-order valence-electron chi connectivity index (χ3n) is 5.02. The van der Waals surface area contributed by atoms with Crippen LogP contribution in [0.1, 0.15) is 54.4 Å². The molecular weight excluding hydrogens is 334 g/mol. The highest BCUT2D eigenvalue weighted by atomic mass is 16.5. The number of carboxylic acid groups (broad SMARTS) is 1. The largest absolute Gasteiger partial charge is 0.496 e. The van der Waals surface area contributed by atoms with Crippen molar-refractivity contribution in [3.63, 3.8) is 0 Å². The lowest BCUT2D eigenvalue weighted by atomic mass is 9.79. The van der Waals surface area contributed by atoms with Crippen molar-refractivity contribution in [2.45, 2.75) is 45.4 Å². The van der Waals surface area contributed by atoms with Crippen LogP contribution in [0, 0.1) is 18.8 Å². The van der Waals surface area contributed by atoms with Crippen molar-refractivity contribution in [2.75, 3.05) is 13.7 Å². The molecule has 0 saturated heterocycles. The minimum absolute atomic E-state index is 0.0298. The maximum absolute atomic E-state index is 12.4. The molecule has 0 aliphatic heterocycles. The van der Waals surface area contributed by atoms with Gasteiger partial charge in [0, 0.05) is 19.4 Å². The second-order valence-electron chi connectivity index (χ2n) is 6.92. The van der Waals surface area contributed by atoms with Crippen LogP contribution in [-0.2, 0) is 9.59 Å². The minimum Gasteiger partial charge on any atom is -0.496 e. The van der Waals surface area contributed by atoms with Crippen LogP contribution in [0.4, 0.5) is 0 Å². The molecule has 0 unspecified atom stereocenters. The molecule has 6 heteroatoms. The van der Waals surface area contributed by atoms with Crippen molar-refractivity contribution in [1.82, 2.24) is 5.32 Å². The Balaban J connectivity index is 1.84. The van der Waals surface area contributed by atoms with Crippen LogP contribution >= 0.6 is 0 Å². The predicted octanol–water partition coefficient (Wildman–Crippen LogP) is 2.97. The number of rotatable bonds is 8. The Morgan fingerprint density at radius 2 is 1.92 bits per heavy atom. The van der Waals surface area contributed by atoms with Gasteiger partial charge >= 0.3 is 5.97 Å². The number of carboxylic acids is 1. The number of carbonyl (C=O) groups excluding carboxylic acids is 2. The third kappa shape index (κ3) is 5.31. The maximum Gasteiger partial charge on any atom is 0.306 e. The number of carbonyl (C=O) groups is 3. The summed E-state index contributed by atoms with van der Waals surface area (Å²) in [5, 5.41) is 12.1. The molecule has 0 radical (unpaired) electrons. The molecular formula is C20H27NO5. The predicted molar refractivity (Wildman–Crippen MR) is 97.4 cm³/mol. The van der Waals surface area contributed by atoms with Gasteiger partial charge in [-0.3, -0.25) is 14.4 Å². The number of aryl methyl sites for hydroxylation is 1. The van der Waals surface area contributed by atoms with E-state index in [-0.39, 0.29) is 36.4 Å². The first kappa shape index (κ1) is 19.9. The van der Waals surface area contributed by atoms with Crippen molar-refractivity contribution in [2.24, 2.45) is 11.8 Å². The van der Waals surface area contributed by atoms with E-state index in [9.17, 15) is 19.5 Å². The van der Waals surface area contributed by atoms with Gasteiger partial charge in [0.15, 0.2) is 5.78 Å². The van der Waals surface area contributed by atoms with Gasteiger partial charge in [-0.1, -0.05) is 24.5 Å². The molecule has 26 heavy (non-hydrogen) atoms. The molecule has 2 atom stereocenters. The number of ketones is 1. The van der Waals surface area contributed by atoms with Gasteiger partial charge in [0.05, 0.1) is 18.6 Å². The lowest BCUT2D eigenvalue weighted by Crippen LogP contribution is -2.37. The van der Waals surface area contributed by atoms with Crippen LogP contribution in [0.15, 0.2) is 18.2 Å². The van der Waals surface area contributed by atoms with E-state index in [1.54, 1.807) is 12.1 Å². The maximum atomic E-state index is 12.4. The molecule has 1 saturated carbocycles. The number of methoxy groups -OCH3 is 1. The number of Topliss-reactive ketones (excluding diaryl/α,β-unsaturated/α-hetero) is 1. The second kappa shape index (κ2) is 9.36. The lowest BCUT2D eigenvalue weighted by molar-refractivity contribution is -0.145. The summed E-state index contributed by atoms with van der Waals surface area (Å²) in [6, 6.07) is 5.38. The highest BCUT2D eigenvalue weighted by molar-refractivity contribution is 6.00. The van der Waals surface area contributed by atoms with Crippen LogP contribution in [0.3, 0.4) is 0 Å². The Kier molecular flexibility index (Phi) is 7.18. The SMILES string of the molecule is COc1ccc(C)cc1C(=O)CCC(=O)NC[C@@H]1CCCC[C@@H]1C(=O)O. The fourth-order valence-electron chi connectivity index (χ4n) is 3.51. The summed E-state index contributed by atoms with van der Waals surface area (Å²) in [6.45, 7) is 2.25. The summed E-state index contributed by atoms with van der Waals surface area (Å²) in [5.74, 6) is -1.06. The van der Waals surface area contributed by atoms with E-state index in [2.05, 4.69) is 5.32 Å². The summed E-state index contributed by atoms with van der Waals surface area (Å²) in [6.07, 6.45) is 3.58. The smallest absolute Gasteiger partial charge is 0.306 e. The van der Waals surface area contributed by atoms with Crippen LogP contribution < -0.4 is 10.1 Å². The first-order valence-corrected chi connectivity index (χ1v) is 9.09. The monoisotopic (exact) mass is 361 g/mol. The van der Waals surface area contributed by atoms with E-state index in [0.717, 1.165) is 24.8 Å². The van der Waals surface area contributed by atoms with E-state index < -0.39 is 5.97 Å². The number of nitrogens with one attached hydrogen (secondary N) is 1. The number of hydrogen-bond donors (Lipinski definition) is 2. The molecule has 2 N–H and O–H groups in total. The molecule has 1 aromatic rings. The van der Waals surface area contributed by atoms with Gasteiger partial charge in [-0.2, -0.15) is 0 Å². The number of ether oxygens (including phenoxy) is 1. The van der Waals surface area contributed by atoms with Crippen LogP contribution in [-0.4, -0.2) is 36.4 Å². The molecule has 1 amide bonds. The van der Waals surface area contributed by atoms with E-state index in [1.807, 2.05) is 13.0 Å². The lowest BCUT2D eigenvalue weighted by Gasteiger charge is -2.28. The Morgan fingerprint density at radius 1 is 1.19 bits per heavy atom. The van der Waals surface area contributed by atoms with Crippen LogP contribution in [0.25, 0.3) is 0 Å². The molecule has 1 fully saturated rings. The molecule has 0 aromatic heterocycles. The summed E-state index contributed by atoms with van der Waals surface area (Å²) in [7, 11) is 1.51. The fourth-order valence-corrected chi connectivity index (χ4v) is 3.51. The van der Waals surface area contributed by atoms with Crippen molar-refractivity contribution in [3.8, 4) is 5.75 Å². The molecule has 0 heterocycles. The van der Waals surface area contributed by atoms with Crippen molar-refractivity contribution >= 4 is 17.7 Å². The van der Waals surface area contributed by atoms with Gasteiger partial charge in [0.25, 0.3) is 0 Å². The quantitative estimate of drug-likeness (QED) is 0.695. The van der Waals surface area contributed by atoms with Gasteiger partial charge < -0.3 is 15.2 Å². The van der Waals surface area contributed by atoms with Crippen LogP contribution in [0.5, 0.6) is 5.75 Å². The topological polar surface area (TPSA) is 92.7 Å². The number of aliphatic carboxylic acids is 1. The Bertz CT molecular complexity index is 670. The van der Waals surface area contributed by atoms with Crippen LogP contribution in [0.2, 0.25) is 0 Å². The van der Waals surface area contributed by atoms with Gasteiger partial charge in [0.2, 0.25) is 5.91 Å². The number of amides is 1. The molecule has 1 aromatic carbocycles. The third-order valence-corrected chi connectivity index (χ3v) is 5.02. The zero-order valence-corrected chi connectivity index (χ0v) is 15.4. The fraction of sp³-hybridized carbons (Fsp3) is 0.550. The molecule has 1 aliphatic carbocycles. The van der Waals surface area contributed by atoms with Gasteiger partial charge in [-0.05, 0) is 37.8 Å². The average Bonchev–Trinajstić information content (AvgIpc) is 2.64. The van der Waals surface area contributed by atoms with Gasteiger partial charge in [-0.25, -0.2) is 0 Å². The standard InChI is InChI=1S/C20H27NO5/c1-13-7-9-18(26-2)16(11-13)17(22)8-10-19(23)21-12-14-5-3-4-6-15(14)20(24)25/h7,9,11,14-15H,3-6,8,10,12H2,1-2H3,(H,21,23)(H,24,25)/t14-,15-/m0/s1. The highest BCUT2D eigenvalue weighted by Gasteiger charge is 2.30. The zero-order chi connectivity index (χ0) is 19.1. The van der Waals surface area contributed by atoms with E-state index in [4.69, 9.17) is 4.74 Å². The van der Waals surface area contributed by atoms with Gasteiger partial charge in [0.1, 0.15) is 5.75 Å². The Labute approximate surface area is 153 Å². The minimum atomic E-state index is -0.786. The number of hydrogen-bond acceptors (Lipinski definition) is 4. The van der Waals surface area contributed by atoms with E-state index in [0.29, 0.717) is 24.3 Å². The van der Waals surface area contributed by atoms with Gasteiger partial charge in [-0.15, -0.1) is 0 Å². The summed E-state index contributed by atoms with van der Waals surface area (Å²) >= 11 is 0. The van der Waals surface area contributed by atoms with E-state index in [1.165, 1.54) is 7.11 Å². The summed E-state index contributed by atoms with van der Waals surface area (Å²) in [5.41, 5.74) is 1.44. The number of benzene rings is 1. The van der Waals surface area contributed by atoms with Crippen molar-refractivity contribution in [3.05, 3.63) is 29.3 Å². The van der Waals surface area contributed by atoms with Crippen molar-refractivity contribution in [1.29, 1.82) is 0 Å². The Morgan fingerprint density at radius 3 is 2.62 bits per heavy atom. The summed E-state index contributed by atoms with van der Waals surface area (Å²) in [4.78, 5) is 35.8. The highest BCUT2D eigenvalue weighted by Crippen LogP contribution is 2.29. The molecule has 142 valence electrons. The summed E-state index contributed by atoms with van der Waals surface area (Å²) < 4.78 is 5.21. The molecule has 0 spiro atoms. The van der Waals surface area contributed by atoms with E-state index >= 15 is 0 Å². The van der Waals surface area contributed by atoms with Crippen molar-refractivity contribution < 1.29 is 24.2 Å². The molecule has 6 nitrogen and oxygen atoms in total. The Hall–Kier alpha value is -2.37. The second-order valence-corrected chi connectivity index (χ2v) is 6.92. The first-order valence-electron chi connectivity index (χ1n) is 9.09. The zero-order valence-electron chi connectivity index (χ0n) is 15.4.